The van der Waals surface area contributed by atoms with Gasteiger partial charge in [-0.05, 0) is 82.8 Å². The summed E-state index contributed by atoms with van der Waals surface area (Å²) in [6.45, 7) is 9.73. The van der Waals surface area contributed by atoms with Gasteiger partial charge in [0, 0.05) is 54.6 Å². The Morgan fingerprint density at radius 2 is 1.68 bits per heavy atom. The second-order valence-corrected chi connectivity index (χ2v) is 11.3. The Labute approximate surface area is 242 Å². The summed E-state index contributed by atoms with van der Waals surface area (Å²) in [7, 11) is 7.21. The van der Waals surface area contributed by atoms with Crippen molar-refractivity contribution < 1.29 is 23.4 Å². The topological polar surface area (TPSA) is 63.3 Å². The van der Waals surface area contributed by atoms with E-state index >= 15 is 0 Å². The summed E-state index contributed by atoms with van der Waals surface area (Å²) in [5.41, 5.74) is 6.46. The number of fused-ring (bicyclic) bond motifs is 1. The summed E-state index contributed by atoms with van der Waals surface area (Å²) >= 11 is 0. The Balaban J connectivity index is 1.73. The van der Waals surface area contributed by atoms with Crippen molar-refractivity contribution in [3.63, 3.8) is 0 Å². The van der Waals surface area contributed by atoms with Gasteiger partial charge in [-0.3, -0.25) is 0 Å². The van der Waals surface area contributed by atoms with Crippen molar-refractivity contribution in [1.82, 2.24) is 9.80 Å². The van der Waals surface area contributed by atoms with Crippen LogP contribution in [0.5, 0.6) is 17.2 Å². The molecule has 0 aromatic heterocycles. The number of benzene rings is 3. The fraction of sp³-hybridized carbons (Fsp3) is 0.364. The summed E-state index contributed by atoms with van der Waals surface area (Å²) < 4.78 is 31.7. The SMILES string of the molecule is COc1cc(OC(=O)N(C)CCN(C)C)ccc1-c1ccc2c(c1COc1cc(F)ccc1C)C(C)=CC(C)(C)N2. The van der Waals surface area contributed by atoms with Crippen molar-refractivity contribution in [3.05, 3.63) is 77.1 Å². The van der Waals surface area contributed by atoms with Gasteiger partial charge in [0.15, 0.2) is 0 Å². The quantitative estimate of drug-likeness (QED) is 0.304. The van der Waals surface area contributed by atoms with Gasteiger partial charge in [0.25, 0.3) is 0 Å². The number of amides is 1. The van der Waals surface area contributed by atoms with E-state index in [1.807, 2.05) is 38.1 Å². The van der Waals surface area contributed by atoms with E-state index in [-0.39, 0.29) is 18.0 Å². The molecule has 8 heteroatoms. The average Bonchev–Trinajstić information content (AvgIpc) is 2.91. The minimum Gasteiger partial charge on any atom is -0.496 e. The van der Waals surface area contributed by atoms with Crippen LogP contribution in [0.15, 0.2) is 54.6 Å². The first-order valence-corrected chi connectivity index (χ1v) is 13.7. The molecule has 0 unspecified atom stereocenters. The van der Waals surface area contributed by atoms with Gasteiger partial charge in [0.05, 0.1) is 12.6 Å². The minimum absolute atomic E-state index is 0.210. The molecule has 0 radical (unpaired) electrons. The molecule has 0 aliphatic carbocycles. The second-order valence-electron chi connectivity index (χ2n) is 11.3. The number of nitrogens with one attached hydrogen (secondary N) is 1. The number of anilines is 1. The highest BCUT2D eigenvalue weighted by molar-refractivity contribution is 5.88. The number of ether oxygens (including phenoxy) is 3. The number of nitrogens with zero attached hydrogens (tertiary/aromatic N) is 2. The molecule has 0 saturated heterocycles. The molecule has 0 atom stereocenters. The molecule has 7 nitrogen and oxygen atoms in total. The summed E-state index contributed by atoms with van der Waals surface area (Å²) in [6.07, 6.45) is 1.76. The number of aryl methyl sites for hydroxylation is 1. The number of carbonyl (C=O) groups excluding carboxylic acids is 1. The molecule has 0 fully saturated rings. The zero-order valence-electron chi connectivity index (χ0n) is 25.2. The number of likely N-dealkylation sites (N-methyl/N-ethyl adjacent to an activating group) is 2. The monoisotopic (exact) mass is 561 g/mol. The highest BCUT2D eigenvalue weighted by Crippen LogP contribution is 2.43. The number of methoxy groups -OCH3 is 1. The molecule has 0 spiro atoms. The number of hydrogen-bond donors (Lipinski definition) is 1. The average molecular weight is 562 g/mol. The van der Waals surface area contributed by atoms with E-state index in [0.717, 1.165) is 45.6 Å². The molecule has 1 amide bonds. The number of hydrogen-bond acceptors (Lipinski definition) is 6. The molecule has 1 aliphatic rings. The fourth-order valence-electron chi connectivity index (χ4n) is 5.06. The lowest BCUT2D eigenvalue weighted by atomic mass is 9.85. The van der Waals surface area contributed by atoms with Crippen LogP contribution in [0.2, 0.25) is 0 Å². The number of halogens is 1. The van der Waals surface area contributed by atoms with Crippen LogP contribution in [0.3, 0.4) is 0 Å². The molecule has 218 valence electrons. The van der Waals surface area contributed by atoms with Crippen molar-refractivity contribution in [3.8, 4) is 28.4 Å². The number of carbonyl (C=O) groups is 1. The standard InChI is InChI=1S/C33H40FN3O4/c1-21-9-10-23(34)17-29(21)40-20-27-25(13-14-28-31(27)22(2)19-33(3,4)35-28)26-12-11-24(18-30(26)39-8)41-32(38)37(7)16-15-36(5)6/h9-14,17-19,35H,15-16,20H2,1-8H3. The maximum absolute atomic E-state index is 14.0. The normalized spacial score (nSPS) is 13.7. The van der Waals surface area contributed by atoms with Gasteiger partial charge in [-0.15, -0.1) is 0 Å². The van der Waals surface area contributed by atoms with E-state index in [9.17, 15) is 9.18 Å². The largest absolute Gasteiger partial charge is 0.496 e. The van der Waals surface area contributed by atoms with Crippen LogP contribution in [0, 0.1) is 12.7 Å². The fourth-order valence-corrected chi connectivity index (χ4v) is 5.06. The summed E-state index contributed by atoms with van der Waals surface area (Å²) in [5, 5.41) is 3.60. The highest BCUT2D eigenvalue weighted by Gasteiger charge is 2.27. The first-order valence-electron chi connectivity index (χ1n) is 13.7. The van der Waals surface area contributed by atoms with Crippen molar-refractivity contribution in [2.24, 2.45) is 0 Å². The van der Waals surface area contributed by atoms with Crippen LogP contribution >= 0.6 is 0 Å². The van der Waals surface area contributed by atoms with Gasteiger partial charge in [0.1, 0.15) is 29.7 Å². The highest BCUT2D eigenvalue weighted by atomic mass is 19.1. The van der Waals surface area contributed by atoms with Crippen molar-refractivity contribution >= 4 is 17.4 Å². The molecule has 4 rings (SSSR count). The molecule has 0 bridgehead atoms. The maximum atomic E-state index is 14.0. The van der Waals surface area contributed by atoms with E-state index in [4.69, 9.17) is 14.2 Å². The maximum Gasteiger partial charge on any atom is 0.415 e. The van der Waals surface area contributed by atoms with Crippen molar-refractivity contribution in [1.29, 1.82) is 0 Å². The lowest BCUT2D eigenvalue weighted by Gasteiger charge is -2.33. The predicted molar refractivity (Wildman–Crippen MR) is 162 cm³/mol. The van der Waals surface area contributed by atoms with Crippen LogP contribution in [-0.2, 0) is 6.61 Å². The van der Waals surface area contributed by atoms with E-state index in [1.165, 1.54) is 17.0 Å². The smallest absolute Gasteiger partial charge is 0.415 e. The number of allylic oxidation sites excluding steroid dienone is 1. The molecular formula is C33H40FN3O4. The van der Waals surface area contributed by atoms with Gasteiger partial charge in [-0.25, -0.2) is 9.18 Å². The zero-order chi connectivity index (χ0) is 29.9. The van der Waals surface area contributed by atoms with Gasteiger partial charge in [-0.1, -0.05) is 18.2 Å². The van der Waals surface area contributed by atoms with Crippen LogP contribution in [0.25, 0.3) is 16.7 Å². The predicted octanol–water partition coefficient (Wildman–Crippen LogP) is 6.99. The second kappa shape index (κ2) is 12.2. The third kappa shape index (κ3) is 7.00. The van der Waals surface area contributed by atoms with Crippen LogP contribution < -0.4 is 19.5 Å². The van der Waals surface area contributed by atoms with E-state index < -0.39 is 6.09 Å². The Morgan fingerprint density at radius 3 is 2.39 bits per heavy atom. The lowest BCUT2D eigenvalue weighted by molar-refractivity contribution is 0.159. The molecule has 41 heavy (non-hydrogen) atoms. The van der Waals surface area contributed by atoms with Crippen LogP contribution in [-0.4, -0.2) is 62.8 Å². The number of rotatable bonds is 9. The van der Waals surface area contributed by atoms with Crippen molar-refractivity contribution in [2.45, 2.75) is 39.8 Å². The Morgan fingerprint density at radius 1 is 0.951 bits per heavy atom. The zero-order valence-corrected chi connectivity index (χ0v) is 25.2. The molecule has 3 aromatic carbocycles. The van der Waals surface area contributed by atoms with Crippen molar-refractivity contribution in [2.75, 3.05) is 46.7 Å². The Hall–Kier alpha value is -4.04. The first kappa shape index (κ1) is 29.9. The van der Waals surface area contributed by atoms with Gasteiger partial charge in [-0.2, -0.15) is 0 Å². The molecular weight excluding hydrogens is 521 g/mol. The molecule has 1 heterocycles. The van der Waals surface area contributed by atoms with Gasteiger partial charge >= 0.3 is 6.09 Å². The molecule has 1 aliphatic heterocycles. The van der Waals surface area contributed by atoms with E-state index in [2.05, 4.69) is 38.2 Å². The van der Waals surface area contributed by atoms with Gasteiger partial charge in [0.2, 0.25) is 0 Å². The van der Waals surface area contributed by atoms with Gasteiger partial charge < -0.3 is 29.3 Å². The first-order chi connectivity index (χ1) is 19.4. The van der Waals surface area contributed by atoms with Crippen LogP contribution in [0.4, 0.5) is 14.9 Å². The summed E-state index contributed by atoms with van der Waals surface area (Å²) in [4.78, 5) is 16.2. The van der Waals surface area contributed by atoms with Crippen LogP contribution in [0.1, 0.15) is 37.5 Å². The summed E-state index contributed by atoms with van der Waals surface area (Å²) in [5.74, 6) is 1.09. The van der Waals surface area contributed by atoms with E-state index in [0.29, 0.717) is 23.8 Å². The lowest BCUT2D eigenvalue weighted by Crippen LogP contribution is -2.35. The minimum atomic E-state index is -0.440. The summed E-state index contributed by atoms with van der Waals surface area (Å²) in [6, 6.07) is 14.0. The third-order valence-electron chi connectivity index (χ3n) is 7.13. The third-order valence-corrected chi connectivity index (χ3v) is 7.13. The Kier molecular flexibility index (Phi) is 8.92. The Bertz CT molecular complexity index is 1470. The molecule has 3 aromatic rings. The molecule has 1 N–H and O–H groups in total. The van der Waals surface area contributed by atoms with E-state index in [1.54, 1.807) is 32.4 Å². The molecule has 0 saturated carbocycles.